The minimum absolute atomic E-state index is 0.271. The number of hydrogen-bond donors (Lipinski definition) is 1. The molecule has 6 nitrogen and oxygen atoms in total. The van der Waals surface area contributed by atoms with E-state index in [2.05, 4.69) is 25.2 Å². The van der Waals surface area contributed by atoms with Crippen molar-refractivity contribution in [1.82, 2.24) is 15.1 Å². The lowest BCUT2D eigenvalue weighted by atomic mass is 10.0. The summed E-state index contributed by atoms with van der Waals surface area (Å²) < 4.78 is 46.1. The highest BCUT2D eigenvalue weighted by Crippen LogP contribution is 2.31. The van der Waals surface area contributed by atoms with Gasteiger partial charge in [0.15, 0.2) is 11.4 Å². The van der Waals surface area contributed by atoms with E-state index < -0.39 is 6.36 Å². The molecule has 28 heavy (non-hydrogen) atoms. The zero-order valence-electron chi connectivity index (χ0n) is 14.3. The number of fused-ring (bicyclic) bond motifs is 1. The second kappa shape index (κ2) is 7.18. The Morgan fingerprint density at radius 2 is 1.68 bits per heavy atom. The van der Waals surface area contributed by atoms with Gasteiger partial charge in [0.05, 0.1) is 11.9 Å². The lowest BCUT2D eigenvalue weighted by Crippen LogP contribution is -2.16. The van der Waals surface area contributed by atoms with Crippen molar-refractivity contribution in [2.75, 3.05) is 5.32 Å². The molecule has 0 aliphatic carbocycles. The summed E-state index contributed by atoms with van der Waals surface area (Å²) in [6, 6.07) is 12.8. The van der Waals surface area contributed by atoms with E-state index in [1.807, 2.05) is 6.07 Å². The van der Waals surface area contributed by atoms with Crippen LogP contribution in [0.15, 0.2) is 65.4 Å². The number of anilines is 1. The fourth-order valence-electron chi connectivity index (χ4n) is 2.68. The highest BCUT2D eigenvalue weighted by atomic mass is 19.4. The maximum Gasteiger partial charge on any atom is 0.573 e. The molecule has 4 rings (SSSR count). The maximum absolute atomic E-state index is 12.3. The Morgan fingerprint density at radius 3 is 2.39 bits per heavy atom. The normalized spacial score (nSPS) is 11.5. The van der Waals surface area contributed by atoms with Crippen molar-refractivity contribution in [3.63, 3.8) is 0 Å². The number of nitrogens with one attached hydrogen (secondary N) is 1. The largest absolute Gasteiger partial charge is 0.573 e. The van der Waals surface area contributed by atoms with Crippen molar-refractivity contribution in [1.29, 1.82) is 0 Å². The van der Waals surface area contributed by atoms with Gasteiger partial charge >= 0.3 is 6.36 Å². The molecule has 0 radical (unpaired) electrons. The van der Waals surface area contributed by atoms with Gasteiger partial charge in [-0.25, -0.2) is 9.97 Å². The fourth-order valence-corrected chi connectivity index (χ4v) is 2.68. The Morgan fingerprint density at radius 1 is 0.964 bits per heavy atom. The number of halogens is 3. The van der Waals surface area contributed by atoms with Crippen molar-refractivity contribution in [3.8, 4) is 16.9 Å². The first-order valence-corrected chi connectivity index (χ1v) is 8.23. The van der Waals surface area contributed by atoms with Crippen LogP contribution in [-0.4, -0.2) is 21.5 Å². The van der Waals surface area contributed by atoms with E-state index >= 15 is 0 Å². The van der Waals surface area contributed by atoms with Crippen LogP contribution in [-0.2, 0) is 6.54 Å². The summed E-state index contributed by atoms with van der Waals surface area (Å²) in [5.41, 5.74) is 2.11. The van der Waals surface area contributed by atoms with Gasteiger partial charge in [0, 0.05) is 12.4 Å². The Hall–Kier alpha value is -3.62. The molecule has 0 aliphatic rings. The fraction of sp³-hybridized carbons (Fsp3) is 0.105. The number of rotatable bonds is 5. The summed E-state index contributed by atoms with van der Waals surface area (Å²) in [7, 11) is 0. The Balaban J connectivity index is 1.57. The van der Waals surface area contributed by atoms with Crippen LogP contribution < -0.4 is 10.1 Å². The van der Waals surface area contributed by atoms with Gasteiger partial charge in [0.1, 0.15) is 11.6 Å². The summed E-state index contributed by atoms with van der Waals surface area (Å²) in [5, 5.41) is 7.88. The Kier molecular flexibility index (Phi) is 4.56. The zero-order chi connectivity index (χ0) is 19.6. The number of hydrogen-bond acceptors (Lipinski definition) is 6. The predicted molar refractivity (Wildman–Crippen MR) is 95.5 cm³/mol. The molecular formula is C19H13F3N4O2. The third-order valence-electron chi connectivity index (χ3n) is 3.92. The molecular weight excluding hydrogens is 373 g/mol. The average molecular weight is 386 g/mol. The summed E-state index contributed by atoms with van der Waals surface area (Å²) in [6.45, 7) is 0.371. The summed E-state index contributed by atoms with van der Waals surface area (Å²) >= 11 is 0. The van der Waals surface area contributed by atoms with Crippen LogP contribution in [0.1, 0.15) is 5.82 Å². The number of benzene rings is 2. The first-order chi connectivity index (χ1) is 13.5. The zero-order valence-corrected chi connectivity index (χ0v) is 14.3. The molecule has 0 spiro atoms. The van der Waals surface area contributed by atoms with E-state index in [1.54, 1.807) is 42.7 Å². The van der Waals surface area contributed by atoms with Gasteiger partial charge in [0.25, 0.3) is 0 Å². The van der Waals surface area contributed by atoms with E-state index in [0.29, 0.717) is 23.8 Å². The number of alkyl halides is 3. The summed E-state index contributed by atoms with van der Waals surface area (Å²) in [4.78, 5) is 8.27. The van der Waals surface area contributed by atoms with Gasteiger partial charge < -0.3 is 14.6 Å². The van der Waals surface area contributed by atoms with Crippen LogP contribution in [0.5, 0.6) is 5.75 Å². The molecule has 142 valence electrons. The van der Waals surface area contributed by atoms with Crippen LogP contribution in [0.25, 0.3) is 22.1 Å². The number of nitrogens with zero attached hydrogens (tertiary/aromatic N) is 3. The van der Waals surface area contributed by atoms with Crippen molar-refractivity contribution in [2.45, 2.75) is 12.9 Å². The molecule has 0 fully saturated rings. The van der Waals surface area contributed by atoms with E-state index in [-0.39, 0.29) is 5.75 Å². The van der Waals surface area contributed by atoms with E-state index in [4.69, 9.17) is 4.52 Å². The molecule has 0 amide bonds. The lowest BCUT2D eigenvalue weighted by Gasteiger charge is -2.09. The van der Waals surface area contributed by atoms with Crippen LogP contribution >= 0.6 is 0 Å². The molecule has 4 aromatic rings. The van der Waals surface area contributed by atoms with E-state index in [1.165, 1.54) is 12.1 Å². The third kappa shape index (κ3) is 4.03. The Bertz CT molecular complexity index is 1080. The van der Waals surface area contributed by atoms with Gasteiger partial charge in [-0.3, -0.25) is 0 Å². The Labute approximate surface area is 157 Å². The quantitative estimate of drug-likeness (QED) is 0.531. The predicted octanol–water partition coefficient (Wildman–Crippen LogP) is 4.80. The average Bonchev–Trinajstić information content (AvgIpc) is 3.09. The minimum Gasteiger partial charge on any atom is -0.406 e. The summed E-state index contributed by atoms with van der Waals surface area (Å²) in [5.74, 6) is 0.865. The molecule has 9 heteroatoms. The molecule has 0 saturated carbocycles. The molecule has 0 atom stereocenters. The van der Waals surface area contributed by atoms with Gasteiger partial charge in [-0.1, -0.05) is 23.4 Å². The molecule has 0 bridgehead atoms. The second-order valence-electron chi connectivity index (χ2n) is 5.83. The second-order valence-corrected chi connectivity index (χ2v) is 5.83. The highest BCUT2D eigenvalue weighted by Gasteiger charge is 2.30. The first kappa shape index (κ1) is 17.8. The SMILES string of the molecule is FC(F)(F)Oc1ccc(-c2ccc3onc(NCc4ncccn4)c3c2)cc1. The van der Waals surface area contributed by atoms with Gasteiger partial charge in [0.2, 0.25) is 0 Å². The van der Waals surface area contributed by atoms with Crippen molar-refractivity contribution < 1.29 is 22.4 Å². The van der Waals surface area contributed by atoms with Crippen LogP contribution in [0.4, 0.5) is 19.0 Å². The molecule has 0 unspecified atom stereocenters. The monoisotopic (exact) mass is 386 g/mol. The van der Waals surface area contributed by atoms with Crippen LogP contribution in [0.3, 0.4) is 0 Å². The van der Waals surface area contributed by atoms with Crippen LogP contribution in [0, 0.1) is 0 Å². The number of aromatic nitrogens is 3. The molecule has 2 aromatic heterocycles. The first-order valence-electron chi connectivity index (χ1n) is 8.23. The van der Waals surface area contributed by atoms with Gasteiger partial charge in [-0.15, -0.1) is 13.2 Å². The molecule has 1 N–H and O–H groups in total. The molecule has 0 aliphatic heterocycles. The van der Waals surface area contributed by atoms with Crippen molar-refractivity contribution in [2.24, 2.45) is 0 Å². The summed E-state index contributed by atoms with van der Waals surface area (Å²) in [6.07, 6.45) is -1.42. The third-order valence-corrected chi connectivity index (χ3v) is 3.92. The standard InChI is InChI=1S/C19H13F3N4O2/c20-19(21,22)27-14-5-2-12(3-6-14)13-4-7-16-15(10-13)18(26-28-16)25-11-17-23-8-1-9-24-17/h1-10H,11H2,(H,25,26). The number of ether oxygens (including phenoxy) is 1. The molecule has 2 aromatic carbocycles. The van der Waals surface area contributed by atoms with Gasteiger partial charge in [-0.05, 0) is 41.5 Å². The maximum atomic E-state index is 12.3. The van der Waals surface area contributed by atoms with E-state index in [0.717, 1.165) is 16.5 Å². The van der Waals surface area contributed by atoms with Crippen LogP contribution in [0.2, 0.25) is 0 Å². The van der Waals surface area contributed by atoms with E-state index in [9.17, 15) is 13.2 Å². The lowest BCUT2D eigenvalue weighted by molar-refractivity contribution is -0.274. The van der Waals surface area contributed by atoms with Crippen molar-refractivity contribution in [3.05, 3.63) is 66.7 Å². The smallest absolute Gasteiger partial charge is 0.406 e. The topological polar surface area (TPSA) is 73.1 Å². The molecule has 2 heterocycles. The van der Waals surface area contributed by atoms with Crippen molar-refractivity contribution >= 4 is 16.8 Å². The highest BCUT2D eigenvalue weighted by molar-refractivity contribution is 5.91. The minimum atomic E-state index is -4.72. The molecule has 0 saturated heterocycles. The van der Waals surface area contributed by atoms with Gasteiger partial charge in [-0.2, -0.15) is 0 Å².